The molecule has 0 aliphatic carbocycles. The van der Waals surface area contributed by atoms with Crippen molar-refractivity contribution in [1.29, 1.82) is 0 Å². The van der Waals surface area contributed by atoms with Gasteiger partial charge in [0, 0.05) is 18.3 Å². The van der Waals surface area contributed by atoms with Gasteiger partial charge in [0.1, 0.15) is 28.6 Å². The van der Waals surface area contributed by atoms with Crippen LogP contribution in [0, 0.1) is 0 Å². The standard InChI is InChI=1S/C23H25N2O5P/c1-17(25-23(26)22-16-21(28-3)14-15-24-22)18(2)31(27,29-19-10-6-4-7-11-19)30-20-12-8-5-9-13-20/h4-18H,1-3H3,(H,25,26). The fourth-order valence-electron chi connectivity index (χ4n) is 2.78. The van der Waals surface area contributed by atoms with E-state index in [1.165, 1.54) is 19.4 Å². The van der Waals surface area contributed by atoms with Gasteiger partial charge >= 0.3 is 7.60 Å². The highest BCUT2D eigenvalue weighted by Gasteiger charge is 2.40. The Kier molecular flexibility index (Phi) is 7.32. The molecular formula is C23H25N2O5P. The van der Waals surface area contributed by atoms with E-state index in [1.54, 1.807) is 68.4 Å². The average Bonchev–Trinajstić information content (AvgIpc) is 2.79. The second-order valence-corrected chi connectivity index (χ2v) is 9.19. The van der Waals surface area contributed by atoms with Crippen molar-refractivity contribution in [3.05, 3.63) is 84.7 Å². The number of para-hydroxylation sites is 2. The normalized spacial score (nSPS) is 13.0. The summed E-state index contributed by atoms with van der Waals surface area (Å²) in [6, 6.07) is 20.3. The molecule has 0 saturated heterocycles. The number of amides is 1. The van der Waals surface area contributed by atoms with Gasteiger partial charge in [-0.25, -0.2) is 4.57 Å². The highest BCUT2D eigenvalue weighted by molar-refractivity contribution is 7.55. The molecule has 0 aliphatic rings. The van der Waals surface area contributed by atoms with E-state index in [9.17, 15) is 9.36 Å². The van der Waals surface area contributed by atoms with Crippen molar-refractivity contribution >= 4 is 13.5 Å². The molecule has 0 aliphatic heterocycles. The lowest BCUT2D eigenvalue weighted by atomic mass is 10.2. The third-order valence-electron chi connectivity index (χ3n) is 4.73. The number of pyridine rings is 1. The molecule has 0 saturated carbocycles. The predicted molar refractivity (Wildman–Crippen MR) is 119 cm³/mol. The van der Waals surface area contributed by atoms with Crippen molar-refractivity contribution in [3.63, 3.8) is 0 Å². The molecule has 31 heavy (non-hydrogen) atoms. The summed E-state index contributed by atoms with van der Waals surface area (Å²) in [5.41, 5.74) is -0.469. The summed E-state index contributed by atoms with van der Waals surface area (Å²) in [4.78, 5) is 16.7. The van der Waals surface area contributed by atoms with E-state index in [4.69, 9.17) is 13.8 Å². The van der Waals surface area contributed by atoms with E-state index in [1.807, 2.05) is 12.1 Å². The Morgan fingerprint density at radius 3 is 1.97 bits per heavy atom. The van der Waals surface area contributed by atoms with Crippen molar-refractivity contribution in [2.24, 2.45) is 0 Å². The van der Waals surface area contributed by atoms with Crippen LogP contribution in [0.5, 0.6) is 17.2 Å². The minimum Gasteiger partial charge on any atom is -0.497 e. The first-order valence-corrected chi connectivity index (χ1v) is 11.4. The molecule has 1 N–H and O–H groups in total. The molecule has 7 nitrogen and oxygen atoms in total. The van der Waals surface area contributed by atoms with Crippen molar-refractivity contribution in [2.45, 2.75) is 25.5 Å². The van der Waals surface area contributed by atoms with Crippen LogP contribution in [0.2, 0.25) is 0 Å². The number of ether oxygens (including phenoxy) is 1. The van der Waals surface area contributed by atoms with E-state index in [2.05, 4.69) is 10.3 Å². The number of nitrogens with one attached hydrogen (secondary N) is 1. The van der Waals surface area contributed by atoms with Gasteiger partial charge in [-0.05, 0) is 44.2 Å². The summed E-state index contributed by atoms with van der Waals surface area (Å²) in [5.74, 6) is 0.943. The molecular weight excluding hydrogens is 415 g/mol. The lowest BCUT2D eigenvalue weighted by Gasteiger charge is -2.29. The Morgan fingerprint density at radius 1 is 0.903 bits per heavy atom. The van der Waals surface area contributed by atoms with Crippen LogP contribution in [0.4, 0.5) is 0 Å². The van der Waals surface area contributed by atoms with Crippen LogP contribution in [0.15, 0.2) is 79.0 Å². The van der Waals surface area contributed by atoms with Crippen LogP contribution < -0.4 is 19.1 Å². The fourth-order valence-corrected chi connectivity index (χ4v) is 4.60. The molecule has 1 heterocycles. The molecule has 3 aromatic rings. The van der Waals surface area contributed by atoms with Gasteiger partial charge in [0.15, 0.2) is 0 Å². The van der Waals surface area contributed by atoms with E-state index in [0.29, 0.717) is 17.2 Å². The van der Waals surface area contributed by atoms with Crippen molar-refractivity contribution in [2.75, 3.05) is 7.11 Å². The zero-order chi connectivity index (χ0) is 22.3. The Labute approximate surface area is 181 Å². The van der Waals surface area contributed by atoms with Crippen LogP contribution in [-0.4, -0.2) is 29.7 Å². The average molecular weight is 440 g/mol. The van der Waals surface area contributed by atoms with Crippen LogP contribution in [0.25, 0.3) is 0 Å². The molecule has 162 valence electrons. The largest absolute Gasteiger partial charge is 0.497 e. The third kappa shape index (κ3) is 5.86. The SMILES string of the molecule is COc1ccnc(C(=O)NC(C)C(C)P(=O)(Oc2ccccc2)Oc2ccccc2)c1. The van der Waals surface area contributed by atoms with Gasteiger partial charge in [0.2, 0.25) is 0 Å². The lowest BCUT2D eigenvalue weighted by molar-refractivity contribution is 0.0933. The first-order valence-electron chi connectivity index (χ1n) is 9.81. The molecule has 0 spiro atoms. The van der Waals surface area contributed by atoms with E-state index in [0.717, 1.165) is 0 Å². The number of methoxy groups -OCH3 is 1. The number of carbonyl (C=O) groups excluding carboxylic acids is 1. The maximum Gasteiger partial charge on any atom is 0.435 e. The van der Waals surface area contributed by atoms with Crippen LogP contribution in [-0.2, 0) is 4.57 Å². The number of hydrogen-bond acceptors (Lipinski definition) is 6. The van der Waals surface area contributed by atoms with Crippen LogP contribution in [0.3, 0.4) is 0 Å². The number of nitrogens with zero attached hydrogens (tertiary/aromatic N) is 1. The smallest absolute Gasteiger partial charge is 0.435 e. The Bertz CT molecular complexity index is 1000. The first-order chi connectivity index (χ1) is 14.9. The molecule has 2 atom stereocenters. The summed E-state index contributed by atoms with van der Waals surface area (Å²) in [7, 11) is -2.22. The quantitative estimate of drug-likeness (QED) is 0.474. The monoisotopic (exact) mass is 440 g/mol. The molecule has 3 rings (SSSR count). The van der Waals surface area contributed by atoms with Gasteiger partial charge in [-0.2, -0.15) is 0 Å². The highest BCUT2D eigenvalue weighted by atomic mass is 31.2. The van der Waals surface area contributed by atoms with E-state index in [-0.39, 0.29) is 5.69 Å². The van der Waals surface area contributed by atoms with Gasteiger partial charge in [0.25, 0.3) is 5.91 Å². The van der Waals surface area contributed by atoms with Gasteiger partial charge in [0.05, 0.1) is 7.11 Å². The molecule has 2 unspecified atom stereocenters. The molecule has 1 aromatic heterocycles. The third-order valence-corrected chi connectivity index (χ3v) is 7.11. The Balaban J connectivity index is 1.81. The summed E-state index contributed by atoms with van der Waals surface area (Å²) in [6.07, 6.45) is 1.49. The molecule has 0 bridgehead atoms. The fraction of sp³-hybridized carbons (Fsp3) is 0.217. The van der Waals surface area contributed by atoms with Crippen molar-refractivity contribution < 1.29 is 23.1 Å². The number of hydrogen-bond donors (Lipinski definition) is 1. The van der Waals surface area contributed by atoms with Gasteiger partial charge in [-0.15, -0.1) is 0 Å². The Morgan fingerprint density at radius 2 is 1.45 bits per heavy atom. The highest BCUT2D eigenvalue weighted by Crippen LogP contribution is 2.53. The number of carbonyl (C=O) groups is 1. The molecule has 1 amide bonds. The summed E-state index contributed by atoms with van der Waals surface area (Å²) >= 11 is 0. The topological polar surface area (TPSA) is 86.8 Å². The van der Waals surface area contributed by atoms with Gasteiger partial charge in [-0.1, -0.05) is 36.4 Å². The summed E-state index contributed by atoms with van der Waals surface area (Å²) in [5, 5.41) is 2.84. The molecule has 8 heteroatoms. The second-order valence-electron chi connectivity index (χ2n) is 6.93. The van der Waals surface area contributed by atoms with Crippen molar-refractivity contribution in [3.8, 4) is 17.2 Å². The maximum atomic E-state index is 13.9. The molecule has 0 fully saturated rings. The summed E-state index contributed by atoms with van der Waals surface area (Å²) < 4.78 is 30.7. The minimum atomic E-state index is -3.73. The first kappa shape index (κ1) is 22.4. The number of benzene rings is 2. The van der Waals surface area contributed by atoms with E-state index < -0.39 is 25.2 Å². The predicted octanol–water partition coefficient (Wildman–Crippen LogP) is 4.95. The summed E-state index contributed by atoms with van der Waals surface area (Å²) in [6.45, 7) is 3.47. The zero-order valence-electron chi connectivity index (χ0n) is 17.6. The Hall–Kier alpha value is -3.31. The molecule has 0 radical (unpaired) electrons. The minimum absolute atomic E-state index is 0.196. The number of aromatic nitrogens is 1. The lowest BCUT2D eigenvalue weighted by Crippen LogP contribution is -2.41. The zero-order valence-corrected chi connectivity index (χ0v) is 18.5. The number of rotatable bonds is 9. The van der Waals surface area contributed by atoms with Crippen LogP contribution in [0.1, 0.15) is 24.3 Å². The van der Waals surface area contributed by atoms with Gasteiger partial charge < -0.3 is 19.1 Å². The van der Waals surface area contributed by atoms with Crippen LogP contribution >= 0.6 is 7.60 Å². The second kappa shape index (κ2) is 10.1. The maximum absolute atomic E-state index is 13.9. The van der Waals surface area contributed by atoms with E-state index >= 15 is 0 Å². The van der Waals surface area contributed by atoms with Gasteiger partial charge in [-0.3, -0.25) is 9.78 Å². The molecule has 2 aromatic carbocycles. The van der Waals surface area contributed by atoms with Crippen molar-refractivity contribution in [1.82, 2.24) is 10.3 Å².